The summed E-state index contributed by atoms with van der Waals surface area (Å²) < 4.78 is 5.47. The Balaban J connectivity index is 1.44. The number of hydrogen-bond donors (Lipinski definition) is 1. The van der Waals surface area contributed by atoms with Crippen LogP contribution < -0.4 is 15.1 Å². The fourth-order valence-electron chi connectivity index (χ4n) is 4.54. The van der Waals surface area contributed by atoms with Gasteiger partial charge in [-0.25, -0.2) is 4.98 Å². The lowest BCUT2D eigenvalue weighted by atomic mass is 10.2. The number of fused-ring (bicyclic) bond motifs is 1. The van der Waals surface area contributed by atoms with Crippen LogP contribution in [-0.4, -0.2) is 66.7 Å². The van der Waals surface area contributed by atoms with Crippen LogP contribution in [0.3, 0.4) is 0 Å². The second-order valence-electron chi connectivity index (χ2n) is 8.39. The summed E-state index contributed by atoms with van der Waals surface area (Å²) in [7, 11) is 0. The van der Waals surface area contributed by atoms with E-state index in [4.69, 9.17) is 9.72 Å². The number of carbonyl (C=O) groups excluding carboxylic acids is 1. The van der Waals surface area contributed by atoms with Crippen molar-refractivity contribution in [3.05, 3.63) is 35.5 Å². The average molecular weight is 423 g/mol. The molecule has 1 aromatic heterocycles. The standard InChI is InChI=1S/C23H30N6O2/c1-2-9-29-16-19-20(22(29)30)25-23(28-12-14-31-15-13-28)26-21(19)24-17-5-7-18(8-6-17)27-10-3-4-11-27/h5-8H,2-4,9-16H2,1H3,(H,24,25,26). The molecule has 0 saturated carbocycles. The first-order chi connectivity index (χ1) is 15.2. The van der Waals surface area contributed by atoms with Crippen molar-refractivity contribution in [3.8, 4) is 0 Å². The van der Waals surface area contributed by atoms with Crippen LogP contribution in [-0.2, 0) is 11.3 Å². The zero-order valence-corrected chi connectivity index (χ0v) is 18.1. The number of carbonyl (C=O) groups is 1. The molecular formula is C23H30N6O2. The van der Waals surface area contributed by atoms with Gasteiger partial charge < -0.3 is 24.8 Å². The molecule has 31 heavy (non-hydrogen) atoms. The number of amides is 1. The molecule has 1 amide bonds. The minimum atomic E-state index is 0.00110. The van der Waals surface area contributed by atoms with Gasteiger partial charge in [-0.15, -0.1) is 0 Å². The first-order valence-corrected chi connectivity index (χ1v) is 11.4. The quantitative estimate of drug-likeness (QED) is 0.767. The lowest BCUT2D eigenvalue weighted by molar-refractivity contribution is 0.0774. The normalized spacial score (nSPS) is 18.6. The third-order valence-electron chi connectivity index (χ3n) is 6.22. The van der Waals surface area contributed by atoms with E-state index >= 15 is 0 Å². The van der Waals surface area contributed by atoms with Crippen molar-refractivity contribution >= 4 is 29.0 Å². The van der Waals surface area contributed by atoms with Gasteiger partial charge in [-0.05, 0) is 43.5 Å². The predicted molar refractivity (Wildman–Crippen MR) is 121 cm³/mol. The monoisotopic (exact) mass is 422 g/mol. The summed E-state index contributed by atoms with van der Waals surface area (Å²) >= 11 is 0. The van der Waals surface area contributed by atoms with Crippen molar-refractivity contribution in [2.45, 2.75) is 32.7 Å². The Morgan fingerprint density at radius 3 is 2.45 bits per heavy atom. The van der Waals surface area contributed by atoms with E-state index in [9.17, 15) is 4.79 Å². The summed E-state index contributed by atoms with van der Waals surface area (Å²) in [4.78, 5) is 28.9. The highest BCUT2D eigenvalue weighted by Crippen LogP contribution is 2.32. The second-order valence-corrected chi connectivity index (χ2v) is 8.39. The van der Waals surface area contributed by atoms with Gasteiger partial charge >= 0.3 is 0 Å². The van der Waals surface area contributed by atoms with E-state index in [1.807, 2.05) is 4.90 Å². The van der Waals surface area contributed by atoms with Gasteiger partial charge in [0.05, 0.1) is 19.8 Å². The number of anilines is 4. The summed E-state index contributed by atoms with van der Waals surface area (Å²) in [5.74, 6) is 1.33. The summed E-state index contributed by atoms with van der Waals surface area (Å²) in [5, 5.41) is 3.48. The molecule has 0 bridgehead atoms. The summed E-state index contributed by atoms with van der Waals surface area (Å²) in [6.45, 7) is 8.39. The van der Waals surface area contributed by atoms with Crippen LogP contribution in [0.25, 0.3) is 0 Å². The van der Waals surface area contributed by atoms with Gasteiger partial charge in [0.25, 0.3) is 5.91 Å². The van der Waals surface area contributed by atoms with Crippen LogP contribution in [0.1, 0.15) is 42.2 Å². The molecule has 5 rings (SSSR count). The van der Waals surface area contributed by atoms with E-state index in [2.05, 4.69) is 51.3 Å². The van der Waals surface area contributed by atoms with Gasteiger partial charge in [0.1, 0.15) is 11.5 Å². The zero-order valence-electron chi connectivity index (χ0n) is 18.1. The molecule has 4 heterocycles. The van der Waals surface area contributed by atoms with Crippen LogP contribution in [0.4, 0.5) is 23.1 Å². The lowest BCUT2D eigenvalue weighted by Crippen LogP contribution is -2.37. The third kappa shape index (κ3) is 4.04. The molecule has 0 atom stereocenters. The molecule has 8 nitrogen and oxygen atoms in total. The minimum Gasteiger partial charge on any atom is -0.378 e. The number of nitrogens with zero attached hydrogens (tertiary/aromatic N) is 5. The molecule has 1 aromatic carbocycles. The van der Waals surface area contributed by atoms with Crippen molar-refractivity contribution in [1.29, 1.82) is 0 Å². The van der Waals surface area contributed by atoms with E-state index < -0.39 is 0 Å². The van der Waals surface area contributed by atoms with Crippen LogP contribution in [0.5, 0.6) is 0 Å². The highest BCUT2D eigenvalue weighted by Gasteiger charge is 2.33. The summed E-state index contributed by atoms with van der Waals surface area (Å²) in [6.07, 6.45) is 3.45. The fourth-order valence-corrected chi connectivity index (χ4v) is 4.54. The number of morpholine rings is 1. The van der Waals surface area contributed by atoms with Gasteiger partial charge in [0.2, 0.25) is 5.95 Å². The SMILES string of the molecule is CCCN1Cc2c(Nc3ccc(N4CCCC4)cc3)nc(N3CCOCC3)nc2C1=O. The zero-order chi connectivity index (χ0) is 21.2. The number of hydrogen-bond acceptors (Lipinski definition) is 7. The Kier molecular flexibility index (Phi) is 5.63. The number of nitrogens with one attached hydrogen (secondary N) is 1. The molecular weight excluding hydrogens is 392 g/mol. The molecule has 3 aliphatic rings. The van der Waals surface area contributed by atoms with Crippen molar-refractivity contribution < 1.29 is 9.53 Å². The van der Waals surface area contributed by atoms with E-state index in [1.54, 1.807) is 0 Å². The van der Waals surface area contributed by atoms with E-state index in [-0.39, 0.29) is 5.91 Å². The minimum absolute atomic E-state index is 0.00110. The van der Waals surface area contributed by atoms with Crippen molar-refractivity contribution in [2.75, 3.05) is 61.1 Å². The highest BCUT2D eigenvalue weighted by atomic mass is 16.5. The molecule has 0 unspecified atom stereocenters. The van der Waals surface area contributed by atoms with Crippen LogP contribution >= 0.6 is 0 Å². The van der Waals surface area contributed by atoms with Gasteiger partial charge in [0.15, 0.2) is 0 Å². The van der Waals surface area contributed by atoms with Gasteiger partial charge in [-0.3, -0.25) is 4.79 Å². The Labute approximate surface area is 183 Å². The first-order valence-electron chi connectivity index (χ1n) is 11.4. The molecule has 0 radical (unpaired) electrons. The maximum absolute atomic E-state index is 13.0. The van der Waals surface area contributed by atoms with Gasteiger partial charge in [0, 0.05) is 49.7 Å². The number of benzene rings is 1. The van der Waals surface area contributed by atoms with Crippen molar-refractivity contribution in [1.82, 2.24) is 14.9 Å². The van der Waals surface area contributed by atoms with E-state index in [0.29, 0.717) is 31.4 Å². The Morgan fingerprint density at radius 2 is 1.74 bits per heavy atom. The molecule has 0 spiro atoms. The number of aromatic nitrogens is 2. The Hall–Kier alpha value is -2.87. The van der Waals surface area contributed by atoms with Crippen LogP contribution in [0.15, 0.2) is 24.3 Å². The molecule has 3 aliphatic heterocycles. The molecule has 2 fully saturated rings. The van der Waals surface area contributed by atoms with Crippen molar-refractivity contribution in [3.63, 3.8) is 0 Å². The average Bonchev–Trinajstić information content (AvgIpc) is 3.45. The number of rotatable bonds is 6. The number of ether oxygens (including phenoxy) is 1. The summed E-state index contributed by atoms with van der Waals surface area (Å²) in [6, 6.07) is 8.51. The first kappa shape index (κ1) is 20.1. The summed E-state index contributed by atoms with van der Waals surface area (Å²) in [5.41, 5.74) is 3.65. The maximum atomic E-state index is 13.0. The lowest BCUT2D eigenvalue weighted by Gasteiger charge is -2.27. The predicted octanol–water partition coefficient (Wildman–Crippen LogP) is 3.02. The topological polar surface area (TPSA) is 73.8 Å². The fraction of sp³-hybridized carbons (Fsp3) is 0.522. The van der Waals surface area contributed by atoms with Crippen LogP contribution in [0, 0.1) is 0 Å². The van der Waals surface area contributed by atoms with E-state index in [1.165, 1.54) is 18.5 Å². The maximum Gasteiger partial charge on any atom is 0.273 e. The largest absolute Gasteiger partial charge is 0.378 e. The molecule has 2 aromatic rings. The molecule has 1 N–H and O–H groups in total. The van der Waals surface area contributed by atoms with Crippen LogP contribution in [0.2, 0.25) is 0 Å². The van der Waals surface area contributed by atoms with Crippen molar-refractivity contribution in [2.24, 2.45) is 0 Å². The second kappa shape index (κ2) is 8.70. The highest BCUT2D eigenvalue weighted by molar-refractivity contribution is 5.98. The van der Waals surface area contributed by atoms with Gasteiger partial charge in [-0.2, -0.15) is 4.98 Å². The molecule has 8 heteroatoms. The van der Waals surface area contributed by atoms with Gasteiger partial charge in [-0.1, -0.05) is 6.92 Å². The molecule has 164 valence electrons. The Morgan fingerprint density at radius 1 is 1.00 bits per heavy atom. The van der Waals surface area contributed by atoms with E-state index in [0.717, 1.165) is 56.2 Å². The molecule has 2 saturated heterocycles. The third-order valence-corrected chi connectivity index (χ3v) is 6.22. The Bertz CT molecular complexity index is 936. The molecule has 0 aliphatic carbocycles. The smallest absolute Gasteiger partial charge is 0.273 e.